The summed E-state index contributed by atoms with van der Waals surface area (Å²) >= 11 is 6.68. The van der Waals surface area contributed by atoms with Crippen molar-refractivity contribution in [1.29, 1.82) is 5.26 Å². The summed E-state index contributed by atoms with van der Waals surface area (Å²) in [5.74, 6) is -0.773. The highest BCUT2D eigenvalue weighted by atomic mass is 35.5. The number of nitriles is 1. The van der Waals surface area contributed by atoms with Crippen molar-refractivity contribution in [1.82, 2.24) is 19.5 Å². The maximum Gasteiger partial charge on any atom is 0.306 e. The molecule has 1 N–H and O–H groups in total. The van der Waals surface area contributed by atoms with Crippen molar-refractivity contribution in [3.05, 3.63) is 64.7 Å². The number of hydrogen-bond acceptors (Lipinski definition) is 7. The largest absolute Gasteiger partial charge is 0.494 e. The Balaban J connectivity index is 1.57. The van der Waals surface area contributed by atoms with Crippen LogP contribution < -0.4 is 9.47 Å². The smallest absolute Gasteiger partial charge is 0.306 e. The van der Waals surface area contributed by atoms with Gasteiger partial charge in [-0.2, -0.15) is 10.2 Å². The molecule has 0 bridgehead atoms. The van der Waals surface area contributed by atoms with E-state index in [0.29, 0.717) is 45.6 Å². The monoisotopic (exact) mass is 549 g/mol. The van der Waals surface area contributed by atoms with Crippen molar-refractivity contribution < 1.29 is 23.8 Å². The molecule has 0 radical (unpaired) electrons. The average molecular weight is 550 g/mol. The number of rotatable bonds is 10. The van der Waals surface area contributed by atoms with Crippen molar-refractivity contribution in [2.45, 2.75) is 45.3 Å². The first kappa shape index (κ1) is 26.4. The van der Waals surface area contributed by atoms with Gasteiger partial charge in [0.15, 0.2) is 11.2 Å². The lowest BCUT2D eigenvalue weighted by atomic mass is 10.1. The Bertz CT molecular complexity index is 1610. The number of carbonyl (C=O) groups is 1. The second-order valence-corrected chi connectivity index (χ2v) is 10.2. The highest BCUT2D eigenvalue weighted by Crippen LogP contribution is 2.41. The molecule has 39 heavy (non-hydrogen) atoms. The Morgan fingerprint density at radius 1 is 1.31 bits per heavy atom. The Kier molecular flexibility index (Phi) is 7.10. The highest BCUT2D eigenvalue weighted by Gasteiger charge is 2.41. The van der Waals surface area contributed by atoms with Crippen molar-refractivity contribution in [2.24, 2.45) is 5.92 Å². The fraction of sp³-hybridized carbons (Fsp3) is 0.321. The average Bonchev–Trinajstić information content (AvgIpc) is 3.52. The number of fused-ring (bicyclic) bond motifs is 1. The number of aromatic nitrogens is 4. The van der Waals surface area contributed by atoms with Crippen LogP contribution in [0.25, 0.3) is 22.6 Å². The minimum absolute atomic E-state index is 0.0310. The molecule has 2 aromatic heterocycles. The summed E-state index contributed by atoms with van der Waals surface area (Å²) < 4.78 is 28.4. The van der Waals surface area contributed by atoms with E-state index in [9.17, 15) is 14.4 Å². The van der Waals surface area contributed by atoms with Gasteiger partial charge in [-0.25, -0.2) is 14.4 Å². The summed E-state index contributed by atoms with van der Waals surface area (Å²) in [6.07, 6.45) is 3.50. The van der Waals surface area contributed by atoms with E-state index in [1.54, 1.807) is 35.8 Å². The predicted molar refractivity (Wildman–Crippen MR) is 141 cm³/mol. The SMILES string of the molecule is C[C@H](CCOc1ccc(-c2nc3c(OC4(C)CC4)ncnc3n2Cc2c(F)cccc2C#N)c(Cl)c1)C(=O)O. The van der Waals surface area contributed by atoms with Crippen LogP contribution in [-0.2, 0) is 11.3 Å². The lowest BCUT2D eigenvalue weighted by molar-refractivity contribution is -0.141. The molecule has 11 heteroatoms. The molecule has 1 atom stereocenters. The summed E-state index contributed by atoms with van der Waals surface area (Å²) in [5.41, 5.74) is 1.41. The van der Waals surface area contributed by atoms with E-state index >= 15 is 0 Å². The maximum atomic E-state index is 14.9. The summed E-state index contributed by atoms with van der Waals surface area (Å²) in [5, 5.41) is 19.0. The molecular weight excluding hydrogens is 525 g/mol. The first-order valence-electron chi connectivity index (χ1n) is 12.4. The Labute approximate surface area is 228 Å². The van der Waals surface area contributed by atoms with Gasteiger partial charge in [0, 0.05) is 11.1 Å². The summed E-state index contributed by atoms with van der Waals surface area (Å²) in [6.45, 7) is 3.78. The topological polar surface area (TPSA) is 123 Å². The molecule has 0 spiro atoms. The van der Waals surface area contributed by atoms with Crippen molar-refractivity contribution in [3.63, 3.8) is 0 Å². The zero-order chi connectivity index (χ0) is 27.7. The lowest BCUT2D eigenvalue weighted by Crippen LogP contribution is -2.13. The lowest BCUT2D eigenvalue weighted by Gasteiger charge is -2.13. The predicted octanol–water partition coefficient (Wildman–Crippen LogP) is 5.63. The molecule has 1 aliphatic carbocycles. The summed E-state index contributed by atoms with van der Waals surface area (Å²) in [6, 6.07) is 11.4. The van der Waals surface area contributed by atoms with E-state index in [-0.39, 0.29) is 29.9 Å². The van der Waals surface area contributed by atoms with Gasteiger partial charge < -0.3 is 19.1 Å². The van der Waals surface area contributed by atoms with Gasteiger partial charge in [-0.15, -0.1) is 0 Å². The van der Waals surface area contributed by atoms with Crippen LogP contribution >= 0.6 is 11.6 Å². The van der Waals surface area contributed by atoms with Crippen molar-refractivity contribution in [2.75, 3.05) is 6.61 Å². The minimum Gasteiger partial charge on any atom is -0.494 e. The van der Waals surface area contributed by atoms with Gasteiger partial charge >= 0.3 is 5.97 Å². The third-order valence-corrected chi connectivity index (χ3v) is 7.09. The number of ether oxygens (including phenoxy) is 2. The minimum atomic E-state index is -0.887. The van der Waals surface area contributed by atoms with E-state index in [0.717, 1.165) is 12.8 Å². The third-order valence-electron chi connectivity index (χ3n) is 6.77. The zero-order valence-electron chi connectivity index (χ0n) is 21.3. The fourth-order valence-corrected chi connectivity index (χ4v) is 4.34. The van der Waals surface area contributed by atoms with Crippen LogP contribution in [0.4, 0.5) is 4.39 Å². The van der Waals surface area contributed by atoms with Crippen molar-refractivity contribution >= 4 is 28.7 Å². The Morgan fingerprint density at radius 3 is 2.79 bits per heavy atom. The number of carboxylic acid groups (broad SMARTS) is 1. The van der Waals surface area contributed by atoms with Crippen LogP contribution in [0, 0.1) is 23.1 Å². The van der Waals surface area contributed by atoms with Crippen LogP contribution in [0.1, 0.15) is 44.2 Å². The zero-order valence-corrected chi connectivity index (χ0v) is 22.1. The van der Waals surface area contributed by atoms with Crippen LogP contribution in [0.3, 0.4) is 0 Å². The molecule has 200 valence electrons. The molecule has 0 unspecified atom stereocenters. The number of hydrogen-bond donors (Lipinski definition) is 1. The second kappa shape index (κ2) is 10.5. The fourth-order valence-electron chi connectivity index (χ4n) is 4.08. The molecule has 0 aliphatic heterocycles. The molecule has 1 aliphatic rings. The highest BCUT2D eigenvalue weighted by molar-refractivity contribution is 6.33. The number of carboxylic acids is 1. The number of aliphatic carboxylic acids is 1. The molecule has 1 saturated carbocycles. The standard InChI is InChI=1S/C28H25ClFN5O4/c1-16(27(36)37)8-11-38-18-6-7-19(21(29)12-18)24-34-23-25(32-15-33-26(23)39-28(2)9-10-28)35(24)14-20-17(13-31)4-3-5-22(20)30/h3-7,12,15-16H,8-11,14H2,1-2H3,(H,36,37)/t16-/m1/s1. The first-order valence-corrected chi connectivity index (χ1v) is 12.8. The molecule has 0 amide bonds. The van der Waals surface area contributed by atoms with Gasteiger partial charge in [0.1, 0.15) is 29.3 Å². The van der Waals surface area contributed by atoms with Gasteiger partial charge in [-0.3, -0.25) is 4.79 Å². The van der Waals surface area contributed by atoms with E-state index in [2.05, 4.69) is 9.97 Å². The number of benzene rings is 2. The van der Waals surface area contributed by atoms with Gasteiger partial charge in [0.2, 0.25) is 5.88 Å². The number of halogens is 2. The molecule has 5 rings (SSSR count). The molecule has 4 aromatic rings. The summed E-state index contributed by atoms with van der Waals surface area (Å²) in [7, 11) is 0. The molecule has 9 nitrogen and oxygen atoms in total. The van der Waals surface area contributed by atoms with Crippen LogP contribution in [0.5, 0.6) is 11.6 Å². The van der Waals surface area contributed by atoms with Crippen LogP contribution in [-0.4, -0.2) is 42.8 Å². The first-order chi connectivity index (χ1) is 18.7. The van der Waals surface area contributed by atoms with E-state index in [1.165, 1.54) is 18.5 Å². The summed E-state index contributed by atoms with van der Waals surface area (Å²) in [4.78, 5) is 24.6. The quantitative estimate of drug-likeness (QED) is 0.270. The van der Waals surface area contributed by atoms with Crippen LogP contribution in [0.15, 0.2) is 42.7 Å². The Morgan fingerprint density at radius 2 is 2.10 bits per heavy atom. The van der Waals surface area contributed by atoms with Gasteiger partial charge in [-0.05, 0) is 56.5 Å². The molecule has 2 aromatic carbocycles. The third kappa shape index (κ3) is 5.49. The molecule has 2 heterocycles. The van der Waals surface area contributed by atoms with Crippen LogP contribution in [0.2, 0.25) is 5.02 Å². The maximum absolute atomic E-state index is 14.9. The second-order valence-electron chi connectivity index (χ2n) is 9.82. The molecule has 1 fully saturated rings. The van der Waals surface area contributed by atoms with E-state index < -0.39 is 17.7 Å². The number of nitrogens with zero attached hydrogens (tertiary/aromatic N) is 5. The van der Waals surface area contributed by atoms with E-state index in [4.69, 9.17) is 31.2 Å². The number of imidazole rings is 1. The molecule has 0 saturated heterocycles. The van der Waals surface area contributed by atoms with Gasteiger partial charge in [0.25, 0.3) is 0 Å². The Hall–Kier alpha value is -4.23. The van der Waals surface area contributed by atoms with Gasteiger partial charge in [-0.1, -0.05) is 24.6 Å². The van der Waals surface area contributed by atoms with E-state index in [1.807, 2.05) is 13.0 Å². The van der Waals surface area contributed by atoms with Crippen molar-refractivity contribution in [3.8, 4) is 29.1 Å². The molecular formula is C28H25ClFN5O4. The van der Waals surface area contributed by atoms with Gasteiger partial charge in [0.05, 0.1) is 35.7 Å². The normalized spacial score (nSPS) is 14.5.